The standard InChI is InChI=1S/C14H16Br2N4/c1-3-6-17-13-12(16)14(19-8-18-13)20-11-5-4-9(2)7-10(11)15/h4-5,7-8H,3,6H2,1-2H3,(H2,17,18,19,20). The van der Waals surface area contributed by atoms with Crippen LogP contribution in [0.15, 0.2) is 33.5 Å². The topological polar surface area (TPSA) is 49.8 Å². The van der Waals surface area contributed by atoms with Crippen LogP contribution in [0.3, 0.4) is 0 Å². The number of halogens is 2. The summed E-state index contributed by atoms with van der Waals surface area (Å²) < 4.78 is 1.84. The summed E-state index contributed by atoms with van der Waals surface area (Å²) in [5, 5.41) is 6.56. The Bertz CT molecular complexity index is 602. The first-order valence-electron chi connectivity index (χ1n) is 6.39. The number of nitrogens with zero attached hydrogens (tertiary/aromatic N) is 2. The Morgan fingerprint density at radius 2 is 1.90 bits per heavy atom. The van der Waals surface area contributed by atoms with Crippen molar-refractivity contribution in [2.75, 3.05) is 17.2 Å². The van der Waals surface area contributed by atoms with Gasteiger partial charge in [0, 0.05) is 11.0 Å². The highest BCUT2D eigenvalue weighted by molar-refractivity contribution is 9.11. The first kappa shape index (κ1) is 15.3. The molecule has 6 heteroatoms. The van der Waals surface area contributed by atoms with Gasteiger partial charge in [-0.3, -0.25) is 0 Å². The van der Waals surface area contributed by atoms with E-state index >= 15 is 0 Å². The molecule has 1 heterocycles. The number of aryl methyl sites for hydroxylation is 1. The van der Waals surface area contributed by atoms with Gasteiger partial charge in [0.05, 0.1) is 5.69 Å². The third kappa shape index (κ3) is 3.70. The molecule has 20 heavy (non-hydrogen) atoms. The van der Waals surface area contributed by atoms with Crippen molar-refractivity contribution in [3.05, 3.63) is 39.0 Å². The summed E-state index contributed by atoms with van der Waals surface area (Å²) in [5.41, 5.74) is 2.17. The summed E-state index contributed by atoms with van der Waals surface area (Å²) in [6.45, 7) is 5.05. The van der Waals surface area contributed by atoms with E-state index in [1.807, 2.05) is 6.07 Å². The largest absolute Gasteiger partial charge is 0.369 e. The number of rotatable bonds is 5. The van der Waals surface area contributed by atoms with E-state index < -0.39 is 0 Å². The van der Waals surface area contributed by atoms with E-state index in [4.69, 9.17) is 0 Å². The van der Waals surface area contributed by atoms with Crippen molar-refractivity contribution in [3.8, 4) is 0 Å². The molecule has 0 aliphatic carbocycles. The lowest BCUT2D eigenvalue weighted by Crippen LogP contribution is -2.05. The van der Waals surface area contributed by atoms with Crippen molar-refractivity contribution in [1.82, 2.24) is 9.97 Å². The third-order valence-electron chi connectivity index (χ3n) is 2.71. The second-order valence-corrected chi connectivity index (χ2v) is 6.07. The van der Waals surface area contributed by atoms with E-state index in [2.05, 4.69) is 78.4 Å². The first-order valence-corrected chi connectivity index (χ1v) is 7.98. The van der Waals surface area contributed by atoms with Crippen LogP contribution < -0.4 is 10.6 Å². The number of hydrogen-bond donors (Lipinski definition) is 2. The first-order chi connectivity index (χ1) is 9.61. The Labute approximate surface area is 135 Å². The molecule has 0 bridgehead atoms. The molecule has 0 radical (unpaired) electrons. The minimum absolute atomic E-state index is 0.739. The van der Waals surface area contributed by atoms with Crippen molar-refractivity contribution in [1.29, 1.82) is 0 Å². The monoisotopic (exact) mass is 398 g/mol. The number of anilines is 3. The number of benzene rings is 1. The van der Waals surface area contributed by atoms with Gasteiger partial charge in [0.1, 0.15) is 22.4 Å². The molecule has 0 saturated heterocycles. The van der Waals surface area contributed by atoms with Gasteiger partial charge in [-0.1, -0.05) is 13.0 Å². The van der Waals surface area contributed by atoms with E-state index in [1.165, 1.54) is 5.56 Å². The lowest BCUT2D eigenvalue weighted by Gasteiger charge is -2.12. The van der Waals surface area contributed by atoms with Gasteiger partial charge >= 0.3 is 0 Å². The molecule has 1 aromatic carbocycles. The SMILES string of the molecule is CCCNc1ncnc(Nc2ccc(C)cc2Br)c1Br. The smallest absolute Gasteiger partial charge is 0.150 e. The van der Waals surface area contributed by atoms with Crippen LogP contribution >= 0.6 is 31.9 Å². The zero-order valence-corrected chi connectivity index (χ0v) is 14.5. The van der Waals surface area contributed by atoms with Gasteiger partial charge in [0.15, 0.2) is 0 Å². The normalized spacial score (nSPS) is 10.4. The molecule has 4 nitrogen and oxygen atoms in total. The van der Waals surface area contributed by atoms with E-state index in [0.717, 1.165) is 39.2 Å². The maximum Gasteiger partial charge on any atom is 0.150 e. The highest BCUT2D eigenvalue weighted by atomic mass is 79.9. The van der Waals surface area contributed by atoms with Gasteiger partial charge in [-0.05, 0) is 62.9 Å². The van der Waals surface area contributed by atoms with E-state index in [0.29, 0.717) is 0 Å². The molecule has 0 atom stereocenters. The number of nitrogens with one attached hydrogen (secondary N) is 2. The highest BCUT2D eigenvalue weighted by Crippen LogP contribution is 2.32. The molecule has 2 rings (SSSR count). The van der Waals surface area contributed by atoms with Gasteiger partial charge < -0.3 is 10.6 Å². The van der Waals surface area contributed by atoms with Crippen LogP contribution in [0.2, 0.25) is 0 Å². The Hall–Kier alpha value is -1.14. The highest BCUT2D eigenvalue weighted by Gasteiger charge is 2.09. The molecule has 106 valence electrons. The number of aromatic nitrogens is 2. The van der Waals surface area contributed by atoms with Crippen molar-refractivity contribution in [2.24, 2.45) is 0 Å². The van der Waals surface area contributed by atoms with Crippen LogP contribution in [0, 0.1) is 6.92 Å². The fraction of sp³-hybridized carbons (Fsp3) is 0.286. The molecule has 0 aliphatic rings. The molecule has 0 saturated carbocycles. The predicted molar refractivity (Wildman–Crippen MR) is 90.7 cm³/mol. The molecule has 0 spiro atoms. The zero-order valence-electron chi connectivity index (χ0n) is 11.4. The lowest BCUT2D eigenvalue weighted by molar-refractivity contribution is 0.962. The molecule has 1 aromatic heterocycles. The van der Waals surface area contributed by atoms with Crippen LogP contribution in [-0.2, 0) is 0 Å². The zero-order chi connectivity index (χ0) is 14.5. The Balaban J connectivity index is 2.24. The molecular weight excluding hydrogens is 384 g/mol. The van der Waals surface area contributed by atoms with Crippen molar-refractivity contribution < 1.29 is 0 Å². The molecular formula is C14H16Br2N4. The van der Waals surface area contributed by atoms with Crippen LogP contribution in [0.25, 0.3) is 0 Å². The van der Waals surface area contributed by atoms with Crippen molar-refractivity contribution >= 4 is 49.2 Å². The molecule has 0 unspecified atom stereocenters. The summed E-state index contributed by atoms with van der Waals surface area (Å²) in [5.74, 6) is 1.54. The molecule has 2 aromatic rings. The third-order valence-corrected chi connectivity index (χ3v) is 4.12. The Kier molecular flexibility index (Phi) is 5.37. The van der Waals surface area contributed by atoms with Crippen LogP contribution in [-0.4, -0.2) is 16.5 Å². The minimum atomic E-state index is 0.739. The van der Waals surface area contributed by atoms with E-state index in [-0.39, 0.29) is 0 Å². The maximum absolute atomic E-state index is 4.28. The average Bonchev–Trinajstić information content (AvgIpc) is 2.42. The summed E-state index contributed by atoms with van der Waals surface area (Å²) in [4.78, 5) is 8.51. The second kappa shape index (κ2) is 7.04. The fourth-order valence-electron chi connectivity index (χ4n) is 1.67. The summed E-state index contributed by atoms with van der Waals surface area (Å²) in [6.07, 6.45) is 2.59. The van der Waals surface area contributed by atoms with Crippen molar-refractivity contribution in [3.63, 3.8) is 0 Å². The average molecular weight is 400 g/mol. The molecule has 0 aliphatic heterocycles. The summed E-state index contributed by atoms with van der Waals surface area (Å²) >= 11 is 7.10. The van der Waals surface area contributed by atoms with Crippen LogP contribution in [0.5, 0.6) is 0 Å². The van der Waals surface area contributed by atoms with Gasteiger partial charge in [-0.2, -0.15) is 0 Å². The van der Waals surface area contributed by atoms with E-state index in [1.54, 1.807) is 6.33 Å². The van der Waals surface area contributed by atoms with Gasteiger partial charge in [0.2, 0.25) is 0 Å². The quantitative estimate of drug-likeness (QED) is 0.752. The number of hydrogen-bond acceptors (Lipinski definition) is 4. The molecule has 0 amide bonds. The van der Waals surface area contributed by atoms with Crippen LogP contribution in [0.1, 0.15) is 18.9 Å². The second-order valence-electron chi connectivity index (χ2n) is 4.42. The van der Waals surface area contributed by atoms with Gasteiger partial charge in [-0.15, -0.1) is 0 Å². The van der Waals surface area contributed by atoms with E-state index in [9.17, 15) is 0 Å². The van der Waals surface area contributed by atoms with Gasteiger partial charge in [0.25, 0.3) is 0 Å². The van der Waals surface area contributed by atoms with Gasteiger partial charge in [-0.25, -0.2) is 9.97 Å². The van der Waals surface area contributed by atoms with Crippen molar-refractivity contribution in [2.45, 2.75) is 20.3 Å². The lowest BCUT2D eigenvalue weighted by atomic mass is 10.2. The fourth-order valence-corrected chi connectivity index (χ4v) is 2.71. The Morgan fingerprint density at radius 3 is 2.60 bits per heavy atom. The minimum Gasteiger partial charge on any atom is -0.369 e. The van der Waals surface area contributed by atoms with Crippen LogP contribution in [0.4, 0.5) is 17.3 Å². The summed E-state index contributed by atoms with van der Waals surface area (Å²) in [7, 11) is 0. The predicted octanol–water partition coefficient (Wildman–Crippen LogP) is 4.88. The summed E-state index contributed by atoms with van der Waals surface area (Å²) in [6, 6.07) is 6.14. The molecule has 0 fully saturated rings. The maximum atomic E-state index is 4.28. The molecule has 2 N–H and O–H groups in total. The Morgan fingerprint density at radius 1 is 1.15 bits per heavy atom.